The molecule has 0 radical (unpaired) electrons. The molecule has 0 aliphatic heterocycles. The molecule has 0 aliphatic carbocycles. The molecule has 0 saturated carbocycles. The van der Waals surface area contributed by atoms with Crippen LogP contribution in [0.3, 0.4) is 0 Å². The van der Waals surface area contributed by atoms with Crippen molar-refractivity contribution in [2.45, 2.75) is 20.3 Å². The fourth-order valence-electron chi connectivity index (χ4n) is 4.53. The molecule has 0 N–H and O–H groups in total. The van der Waals surface area contributed by atoms with Gasteiger partial charge in [0.1, 0.15) is 5.75 Å². The van der Waals surface area contributed by atoms with Crippen LogP contribution < -0.4 is 4.74 Å². The van der Waals surface area contributed by atoms with E-state index in [-0.39, 0.29) is 0 Å². The number of fused-ring (bicyclic) bond motifs is 2. The van der Waals surface area contributed by atoms with Crippen LogP contribution in [-0.4, -0.2) is 40.8 Å². The highest BCUT2D eigenvalue weighted by molar-refractivity contribution is 5.86. The third-order valence-electron chi connectivity index (χ3n) is 6.25. The summed E-state index contributed by atoms with van der Waals surface area (Å²) in [5.74, 6) is 1.54. The van der Waals surface area contributed by atoms with Crippen LogP contribution in [-0.2, 0) is 13.5 Å². The van der Waals surface area contributed by atoms with Gasteiger partial charge >= 0.3 is 0 Å². The molecule has 35 heavy (non-hydrogen) atoms. The van der Waals surface area contributed by atoms with Crippen molar-refractivity contribution in [3.05, 3.63) is 90.2 Å². The zero-order chi connectivity index (χ0) is 24.1. The van der Waals surface area contributed by atoms with Gasteiger partial charge < -0.3 is 13.9 Å². The van der Waals surface area contributed by atoms with Gasteiger partial charge in [-0.25, -0.2) is 19.5 Å². The van der Waals surface area contributed by atoms with Crippen LogP contribution in [0.25, 0.3) is 33.5 Å². The van der Waals surface area contributed by atoms with E-state index in [0.717, 1.165) is 61.9 Å². The zero-order valence-electron chi connectivity index (χ0n) is 20.1. The first kappa shape index (κ1) is 21.1. The number of rotatable bonds is 5. The number of aromatic nitrogens is 7. The molecule has 0 aliphatic rings. The number of pyridine rings is 1. The summed E-state index contributed by atoms with van der Waals surface area (Å²) in [5, 5.41) is 4.80. The topological polar surface area (TPSA) is 75.1 Å². The average Bonchev–Trinajstić information content (AvgIpc) is 3.56. The summed E-state index contributed by atoms with van der Waals surface area (Å²) in [4.78, 5) is 13.7. The first-order valence-corrected chi connectivity index (χ1v) is 11.4. The first-order valence-electron chi connectivity index (χ1n) is 11.4. The predicted molar refractivity (Wildman–Crippen MR) is 135 cm³/mol. The minimum absolute atomic E-state index is 0.598. The van der Waals surface area contributed by atoms with Gasteiger partial charge in [0.25, 0.3) is 0 Å². The second-order valence-corrected chi connectivity index (χ2v) is 8.89. The molecule has 0 fully saturated rings. The van der Waals surface area contributed by atoms with E-state index in [4.69, 9.17) is 14.8 Å². The molecule has 0 saturated heterocycles. The highest BCUT2D eigenvalue weighted by Gasteiger charge is 2.14. The summed E-state index contributed by atoms with van der Waals surface area (Å²) in [6.07, 6.45) is 8.23. The number of hydrogen-bond donors (Lipinski definition) is 0. The highest BCUT2D eigenvalue weighted by atomic mass is 16.5. The number of hydrogen-bond acceptors (Lipinski definition) is 5. The van der Waals surface area contributed by atoms with Crippen molar-refractivity contribution in [1.29, 1.82) is 0 Å². The number of imidazole rings is 2. The van der Waals surface area contributed by atoms with Crippen molar-refractivity contribution in [2.24, 2.45) is 7.05 Å². The minimum Gasteiger partial charge on any atom is -0.495 e. The molecule has 0 atom stereocenters. The summed E-state index contributed by atoms with van der Waals surface area (Å²) < 4.78 is 11.6. The molecular formula is C27H25N7O. The van der Waals surface area contributed by atoms with Crippen LogP contribution in [0.4, 0.5) is 0 Å². The van der Waals surface area contributed by atoms with Gasteiger partial charge in [0.05, 0.1) is 42.2 Å². The Morgan fingerprint density at radius 2 is 1.83 bits per heavy atom. The van der Waals surface area contributed by atoms with Crippen LogP contribution in [0.5, 0.6) is 5.75 Å². The average molecular weight is 464 g/mol. The number of ether oxygens (including phenoxy) is 1. The summed E-state index contributed by atoms with van der Waals surface area (Å²) >= 11 is 0. The van der Waals surface area contributed by atoms with Crippen molar-refractivity contribution in [3.8, 4) is 22.6 Å². The molecule has 6 aromatic rings. The van der Waals surface area contributed by atoms with E-state index in [2.05, 4.69) is 47.2 Å². The van der Waals surface area contributed by atoms with E-state index in [1.165, 1.54) is 0 Å². The fourth-order valence-corrected chi connectivity index (χ4v) is 4.53. The Bertz CT molecular complexity index is 1710. The first-order chi connectivity index (χ1) is 17.0. The van der Waals surface area contributed by atoms with Gasteiger partial charge in [-0.15, -0.1) is 0 Å². The second-order valence-electron chi connectivity index (χ2n) is 8.89. The summed E-state index contributed by atoms with van der Waals surface area (Å²) in [5.41, 5.74) is 9.15. The monoisotopic (exact) mass is 463 g/mol. The van der Waals surface area contributed by atoms with E-state index >= 15 is 0 Å². The van der Waals surface area contributed by atoms with Gasteiger partial charge in [-0.3, -0.25) is 0 Å². The predicted octanol–water partition coefficient (Wildman–Crippen LogP) is 4.68. The zero-order valence-corrected chi connectivity index (χ0v) is 20.1. The maximum absolute atomic E-state index is 5.68. The Labute approximate surface area is 202 Å². The number of benzene rings is 2. The summed E-state index contributed by atoms with van der Waals surface area (Å²) in [6.45, 7) is 4.05. The van der Waals surface area contributed by atoms with Crippen LogP contribution in [0, 0.1) is 13.8 Å². The summed E-state index contributed by atoms with van der Waals surface area (Å²) in [6, 6.07) is 14.6. The molecule has 4 aromatic heterocycles. The maximum atomic E-state index is 5.68. The van der Waals surface area contributed by atoms with E-state index in [1.807, 2.05) is 58.5 Å². The lowest BCUT2D eigenvalue weighted by Crippen LogP contribution is -1.98. The third-order valence-corrected chi connectivity index (χ3v) is 6.25. The van der Waals surface area contributed by atoms with Crippen molar-refractivity contribution in [1.82, 2.24) is 33.7 Å². The lowest BCUT2D eigenvalue weighted by molar-refractivity contribution is 0.412. The normalized spacial score (nSPS) is 11.5. The Morgan fingerprint density at radius 1 is 0.943 bits per heavy atom. The lowest BCUT2D eigenvalue weighted by atomic mass is 10.0. The van der Waals surface area contributed by atoms with Gasteiger partial charge in [0.15, 0.2) is 11.5 Å². The van der Waals surface area contributed by atoms with Crippen LogP contribution in [0.1, 0.15) is 22.6 Å². The quantitative estimate of drug-likeness (QED) is 0.371. The Morgan fingerprint density at radius 3 is 2.63 bits per heavy atom. The van der Waals surface area contributed by atoms with Crippen LogP contribution in [0.2, 0.25) is 0 Å². The highest BCUT2D eigenvalue weighted by Crippen LogP contribution is 2.29. The van der Waals surface area contributed by atoms with Crippen LogP contribution in [0.15, 0.2) is 67.5 Å². The van der Waals surface area contributed by atoms with E-state index in [1.54, 1.807) is 13.4 Å². The largest absolute Gasteiger partial charge is 0.495 e. The molecule has 8 heteroatoms. The molecule has 8 nitrogen and oxygen atoms in total. The molecule has 0 spiro atoms. The molecule has 0 amide bonds. The fraction of sp³-hybridized carbons (Fsp3) is 0.185. The van der Waals surface area contributed by atoms with Crippen molar-refractivity contribution < 1.29 is 4.74 Å². The summed E-state index contributed by atoms with van der Waals surface area (Å²) in [7, 11) is 3.69. The molecule has 4 heterocycles. The molecule has 2 aromatic carbocycles. The lowest BCUT2D eigenvalue weighted by Gasteiger charge is -2.10. The molecule has 6 rings (SSSR count). The van der Waals surface area contributed by atoms with Gasteiger partial charge in [0, 0.05) is 31.4 Å². The van der Waals surface area contributed by atoms with Crippen molar-refractivity contribution in [3.63, 3.8) is 0 Å². The van der Waals surface area contributed by atoms with E-state index in [9.17, 15) is 0 Å². The van der Waals surface area contributed by atoms with Gasteiger partial charge in [-0.2, -0.15) is 5.10 Å². The molecule has 174 valence electrons. The number of aryl methyl sites for hydroxylation is 3. The number of methoxy groups -OCH3 is 1. The van der Waals surface area contributed by atoms with Crippen molar-refractivity contribution in [2.75, 3.05) is 7.11 Å². The minimum atomic E-state index is 0.598. The Kier molecular flexibility index (Phi) is 4.88. The molecular weight excluding hydrogens is 438 g/mol. The standard InChI is InChI=1S/C27H25N7O/c1-17-9-21(20-6-7-22-24(12-20)32(3)15-29-22)27-30-26(31-34(27)13-17)11-19-5-8-23(25(10-19)35-4)33-14-18(2)28-16-33/h5-10,12-16H,11H2,1-4H3. The number of nitrogens with zero attached hydrogens (tertiary/aromatic N) is 7. The molecule has 0 unspecified atom stereocenters. The van der Waals surface area contributed by atoms with Crippen LogP contribution >= 0.6 is 0 Å². The van der Waals surface area contributed by atoms with E-state index in [0.29, 0.717) is 6.42 Å². The Balaban J connectivity index is 1.38. The van der Waals surface area contributed by atoms with Gasteiger partial charge in [0.2, 0.25) is 0 Å². The second kappa shape index (κ2) is 8.09. The molecule has 0 bridgehead atoms. The van der Waals surface area contributed by atoms with Crippen molar-refractivity contribution >= 4 is 16.7 Å². The third kappa shape index (κ3) is 3.73. The maximum Gasteiger partial charge on any atom is 0.163 e. The van der Waals surface area contributed by atoms with E-state index < -0.39 is 0 Å². The van der Waals surface area contributed by atoms with Gasteiger partial charge in [-0.05, 0) is 60.9 Å². The Hall–Kier alpha value is -4.46. The smallest absolute Gasteiger partial charge is 0.163 e. The van der Waals surface area contributed by atoms with Gasteiger partial charge in [-0.1, -0.05) is 12.1 Å². The SMILES string of the molecule is COc1cc(Cc2nc3c(-c4ccc5ncn(C)c5c4)cc(C)cn3n2)ccc1-n1cnc(C)c1.